The van der Waals surface area contributed by atoms with Gasteiger partial charge in [-0.3, -0.25) is 0 Å². The maximum atomic E-state index is 0. The van der Waals surface area contributed by atoms with E-state index in [9.17, 15) is 0 Å². The quantitative estimate of drug-likeness (QED) is 0.216. The second-order valence-corrected chi connectivity index (χ2v) is 0. The summed E-state index contributed by atoms with van der Waals surface area (Å²) in [6, 6.07) is 0. The first-order chi connectivity index (χ1) is 0. The Labute approximate surface area is 228 Å². The van der Waals surface area contributed by atoms with Crippen LogP contribution in [0, 0.1) is 71.2 Å². The van der Waals surface area contributed by atoms with Crippen LogP contribution in [0.3, 0.4) is 0 Å². The summed E-state index contributed by atoms with van der Waals surface area (Å²) in [6.45, 7) is 0. The Morgan fingerprint density at radius 2 is 0.545 bits per heavy atom. The van der Waals surface area contributed by atoms with Crippen LogP contribution in [0.4, 0.5) is 0 Å². The molecule has 11 heteroatoms. The third-order valence-electron chi connectivity index (χ3n) is 0. The van der Waals surface area contributed by atoms with E-state index in [2.05, 4.69) is 0 Å². The van der Waals surface area contributed by atoms with Crippen molar-refractivity contribution in [3.8, 4) is 0 Å². The van der Waals surface area contributed by atoms with E-state index < -0.39 is 0 Å². The van der Waals surface area contributed by atoms with Crippen LogP contribution in [-0.2, 0) is 22.4 Å². The van der Waals surface area contributed by atoms with Crippen LogP contribution in [0.2, 0.25) is 0 Å². The Morgan fingerprint density at radius 1 is 0.545 bits per heavy atom. The van der Waals surface area contributed by atoms with E-state index >= 15 is 0 Å². The van der Waals surface area contributed by atoms with Gasteiger partial charge in [0.2, 0.25) is 0 Å². The largest absolute Gasteiger partial charge is 2.00 e. The zero-order valence-corrected chi connectivity index (χ0v) is 22.9. The second-order valence-electron chi connectivity index (χ2n) is 0. The van der Waals surface area contributed by atoms with Crippen molar-refractivity contribution in [2.75, 3.05) is 0 Å². The Morgan fingerprint density at radius 3 is 0.545 bits per heavy atom. The van der Waals surface area contributed by atoms with Crippen LogP contribution >= 0.6 is 0 Å². The van der Waals surface area contributed by atoms with Gasteiger partial charge in [0.25, 0.3) is 0 Å². The molecule has 0 unspecified atom stereocenters. The molecule has 0 aliphatic heterocycles. The van der Waals surface area contributed by atoms with Gasteiger partial charge >= 0.3 is 91.0 Å². The van der Waals surface area contributed by atoms with Crippen LogP contribution in [0.15, 0.2) is 0 Å². The van der Waals surface area contributed by atoms with E-state index in [0.29, 0.717) is 0 Å². The summed E-state index contributed by atoms with van der Waals surface area (Å²) in [7, 11) is 0. The van der Waals surface area contributed by atoms with E-state index in [1.165, 1.54) is 0 Å². The average Bonchev–Trinajstić information content (AvgIpc) is 0. The monoisotopic (exact) mass is 759 g/mol. The summed E-state index contributed by atoms with van der Waals surface area (Å²) in [6.07, 6.45) is 0. The van der Waals surface area contributed by atoms with Gasteiger partial charge in [0.1, 0.15) is 0 Å². The predicted molar refractivity (Wildman–Crippen MR) is 44.0 cm³/mol. The van der Waals surface area contributed by atoms with Crippen molar-refractivity contribution in [1.29, 1.82) is 0 Å². The van der Waals surface area contributed by atoms with E-state index in [1.54, 1.807) is 0 Å². The van der Waals surface area contributed by atoms with Crippen LogP contribution < -0.4 is 0 Å². The van der Waals surface area contributed by atoms with Gasteiger partial charge in [0.05, 0.1) is 0 Å². The minimum absolute atomic E-state index is 0. The summed E-state index contributed by atoms with van der Waals surface area (Å²) in [5, 5.41) is 0. The molecular formula is H17AlLa2O5Sr2Ta. The molecule has 0 aliphatic rings. The molecule has 0 rings (SSSR count). The zero-order valence-electron chi connectivity index (χ0n) is 9.52. The summed E-state index contributed by atoms with van der Waals surface area (Å²) in [4.78, 5) is 0. The molecule has 0 aromatic carbocycles. The molecule has 11 heavy (non-hydrogen) atoms. The van der Waals surface area contributed by atoms with Gasteiger partial charge in [0.15, 0.2) is 17.4 Å². The zero-order chi connectivity index (χ0) is 0. The second kappa shape index (κ2) is 94.7. The molecule has 5 nitrogen and oxygen atoms in total. The fraction of sp³-hybridized carbons (Fsp3) is 0. The van der Waals surface area contributed by atoms with Crippen LogP contribution in [0.1, 0.15) is 5.71 Å². The van der Waals surface area contributed by atoms with E-state index in [0.717, 1.165) is 0 Å². The van der Waals surface area contributed by atoms with E-state index in [4.69, 9.17) is 0 Å². The van der Waals surface area contributed by atoms with Crippen molar-refractivity contribution >= 4 is 108 Å². The van der Waals surface area contributed by atoms with Gasteiger partial charge in [0, 0.05) is 93.6 Å². The molecule has 0 saturated heterocycles. The summed E-state index contributed by atoms with van der Waals surface area (Å²) in [5.74, 6) is 0. The third-order valence-corrected chi connectivity index (χ3v) is 0. The first-order valence-corrected chi connectivity index (χ1v) is 0. The molecule has 0 bridgehead atoms. The Bertz CT molecular complexity index is 35.0. The normalized spacial score (nSPS) is 0. The van der Waals surface area contributed by atoms with Crippen molar-refractivity contribution < 1.29 is 127 Å². The molecule has 0 spiro atoms. The molecule has 0 saturated carbocycles. The van der Waals surface area contributed by atoms with Gasteiger partial charge in [-0.2, -0.15) is 0 Å². The molecule has 10 N–H and O–H groups in total. The Balaban J connectivity index is 0. The van der Waals surface area contributed by atoms with Gasteiger partial charge in [-0.15, -0.1) is 0 Å². The number of hydrogen-bond acceptors (Lipinski definition) is 0. The number of hydrogen-bond donors (Lipinski definition) is 0. The Hall–Kier alpha value is 6.42. The third kappa shape index (κ3) is 82.8. The van der Waals surface area contributed by atoms with Crippen molar-refractivity contribution in [3.63, 3.8) is 0 Å². The molecule has 0 aromatic heterocycles. The molecule has 0 fully saturated rings. The predicted octanol–water partition coefficient (Wildman–Crippen LogP) is -5.62. The van der Waals surface area contributed by atoms with Gasteiger partial charge in [-0.05, 0) is 0 Å². The van der Waals surface area contributed by atoms with E-state index in [1.807, 2.05) is 0 Å². The molecule has 0 amide bonds. The van der Waals surface area contributed by atoms with Gasteiger partial charge < -0.3 is 33.1 Å². The standard InChI is InChI=1S/Al.2La.5H2O.2Sr.Ta.7H/h;;;5*1H2;;;;;;;;;;/q;;;;;;;;2*+2;;;;;4*-1. The van der Waals surface area contributed by atoms with Gasteiger partial charge in [-0.1, -0.05) is 0 Å². The fourth-order valence-corrected chi connectivity index (χ4v) is 0. The maximum Gasteiger partial charge on any atom is 2.00 e. The average molecular weight is 758 g/mol. The van der Waals surface area contributed by atoms with Gasteiger partial charge in [-0.25, -0.2) is 0 Å². The fourth-order valence-electron chi connectivity index (χ4n) is 0. The van der Waals surface area contributed by atoms with Crippen molar-refractivity contribution in [2.24, 2.45) is 0 Å². The first-order valence-electron chi connectivity index (χ1n) is 0. The molecule has 0 aliphatic carbocycles. The van der Waals surface area contributed by atoms with Crippen molar-refractivity contribution in [1.82, 2.24) is 0 Å². The minimum Gasteiger partial charge on any atom is -1.00 e. The SMILES string of the molecule is O.O.O.O.O.[AlH3].[H-].[H-].[H-].[H-].[La].[La].[Sr+2].[Sr+2].[Ta]. The molecular weight excluding hydrogens is 741 g/mol. The smallest absolute Gasteiger partial charge is 1.00 e. The summed E-state index contributed by atoms with van der Waals surface area (Å²) < 4.78 is 0. The maximum absolute atomic E-state index is 0. The molecule has 0 aromatic rings. The van der Waals surface area contributed by atoms with Crippen LogP contribution in [-0.4, -0.2) is 136 Å². The van der Waals surface area contributed by atoms with Crippen LogP contribution in [0.5, 0.6) is 0 Å². The Kier molecular flexibility index (Phi) is 980. The topological polar surface area (TPSA) is 158 Å². The minimum atomic E-state index is 0. The van der Waals surface area contributed by atoms with Crippen LogP contribution in [0.25, 0.3) is 0 Å². The van der Waals surface area contributed by atoms with E-state index in [-0.39, 0.29) is 235 Å². The van der Waals surface area contributed by atoms with Crippen molar-refractivity contribution in [3.05, 3.63) is 0 Å². The summed E-state index contributed by atoms with van der Waals surface area (Å²) in [5.41, 5.74) is 0. The molecule has 3 radical (unpaired) electrons. The van der Waals surface area contributed by atoms with Crippen molar-refractivity contribution in [2.45, 2.75) is 0 Å². The number of rotatable bonds is 0. The first kappa shape index (κ1) is 114. The molecule has 65 valence electrons. The molecule has 0 atom stereocenters. The molecule has 0 heterocycles. The summed E-state index contributed by atoms with van der Waals surface area (Å²) >= 11 is 0.